The van der Waals surface area contributed by atoms with E-state index in [1.807, 2.05) is 0 Å². The summed E-state index contributed by atoms with van der Waals surface area (Å²) in [5, 5.41) is 22.2. The smallest absolute Gasteiger partial charge is 0.329 e. The van der Waals surface area contributed by atoms with E-state index in [2.05, 4.69) is 26.1 Å². The van der Waals surface area contributed by atoms with Crippen LogP contribution in [0.4, 0.5) is 0 Å². The lowest BCUT2D eigenvalue weighted by atomic mass is 9.70. The summed E-state index contributed by atoms with van der Waals surface area (Å²) in [5.41, 5.74) is 0.930. The van der Waals surface area contributed by atoms with Gasteiger partial charge < -0.3 is 25.2 Å². The first-order valence-electron chi connectivity index (χ1n) is 11.8. The number of ether oxygens (including phenoxy) is 1. The second kappa shape index (κ2) is 8.25. The van der Waals surface area contributed by atoms with Crippen LogP contribution in [0, 0.1) is 16.7 Å². The first kappa shape index (κ1) is 22.9. The summed E-state index contributed by atoms with van der Waals surface area (Å²) in [6.07, 6.45) is 4.57. The number of benzene rings is 1. The summed E-state index contributed by atoms with van der Waals surface area (Å²) >= 11 is 0. The van der Waals surface area contributed by atoms with Crippen molar-refractivity contribution in [3.63, 3.8) is 0 Å². The highest BCUT2D eigenvalue weighted by atomic mass is 16.5. The van der Waals surface area contributed by atoms with E-state index < -0.39 is 12.1 Å². The van der Waals surface area contributed by atoms with Gasteiger partial charge >= 0.3 is 5.97 Å². The fourth-order valence-electron chi connectivity index (χ4n) is 6.09. The van der Waals surface area contributed by atoms with Crippen molar-refractivity contribution in [2.45, 2.75) is 84.5 Å². The molecule has 176 valence electrons. The normalized spacial score (nSPS) is 31.6. The zero-order valence-electron chi connectivity index (χ0n) is 19.6. The van der Waals surface area contributed by atoms with Crippen LogP contribution in [-0.2, 0) is 20.9 Å². The van der Waals surface area contributed by atoms with Gasteiger partial charge in [-0.05, 0) is 68.1 Å². The highest BCUT2D eigenvalue weighted by Crippen LogP contribution is 2.66. The van der Waals surface area contributed by atoms with Crippen molar-refractivity contribution in [3.8, 4) is 11.5 Å². The van der Waals surface area contributed by atoms with Crippen LogP contribution in [0.2, 0.25) is 0 Å². The van der Waals surface area contributed by atoms with Gasteiger partial charge in [-0.25, -0.2) is 4.79 Å². The van der Waals surface area contributed by atoms with Crippen molar-refractivity contribution in [1.82, 2.24) is 10.2 Å². The molecule has 0 spiro atoms. The van der Waals surface area contributed by atoms with Gasteiger partial charge in [0.05, 0.1) is 6.04 Å². The number of amides is 1. The minimum atomic E-state index is -0.518. The Labute approximate surface area is 190 Å². The first-order valence-corrected chi connectivity index (χ1v) is 11.8. The van der Waals surface area contributed by atoms with E-state index in [4.69, 9.17) is 4.74 Å². The average Bonchev–Trinajstić information content (AvgIpc) is 3.37. The van der Waals surface area contributed by atoms with E-state index in [1.165, 1.54) is 18.6 Å². The number of hydrogen-bond donors (Lipinski definition) is 3. The number of esters is 1. The molecule has 1 heterocycles. The molecular formula is C25H36N2O5. The quantitative estimate of drug-likeness (QED) is 0.460. The molecule has 4 rings (SSSR count). The molecule has 1 aromatic carbocycles. The molecule has 2 saturated carbocycles. The Hall–Kier alpha value is -2.28. The second-order valence-electron chi connectivity index (χ2n) is 10.7. The van der Waals surface area contributed by atoms with Crippen LogP contribution in [0.1, 0.15) is 65.4 Å². The van der Waals surface area contributed by atoms with Crippen molar-refractivity contribution < 1.29 is 24.5 Å². The monoisotopic (exact) mass is 444 g/mol. The maximum absolute atomic E-state index is 13.1. The van der Waals surface area contributed by atoms with Crippen LogP contribution in [-0.4, -0.2) is 51.7 Å². The lowest BCUT2D eigenvalue weighted by Crippen LogP contribution is -2.50. The molecule has 32 heavy (non-hydrogen) atoms. The highest BCUT2D eigenvalue weighted by Gasteiger charge is 2.63. The summed E-state index contributed by atoms with van der Waals surface area (Å²) in [6.45, 7) is 9.54. The lowest BCUT2D eigenvalue weighted by molar-refractivity contribution is -0.165. The molecule has 7 heteroatoms. The number of aromatic hydroxyl groups is 2. The predicted octanol–water partition coefficient (Wildman–Crippen LogP) is 3.32. The molecule has 1 aromatic rings. The average molecular weight is 445 g/mol. The van der Waals surface area contributed by atoms with Crippen molar-refractivity contribution in [1.29, 1.82) is 0 Å². The summed E-state index contributed by atoms with van der Waals surface area (Å²) in [7, 11) is 0. The molecule has 1 aliphatic heterocycles. The summed E-state index contributed by atoms with van der Waals surface area (Å²) in [5.74, 6) is -0.157. The van der Waals surface area contributed by atoms with Gasteiger partial charge in [-0.3, -0.25) is 4.79 Å². The third kappa shape index (κ3) is 3.74. The number of nitrogens with one attached hydrogen (secondary N) is 1. The zero-order chi connectivity index (χ0) is 23.3. The number of carbonyl (C=O) groups excluding carboxylic acids is 2. The third-order valence-electron chi connectivity index (χ3n) is 8.80. The van der Waals surface area contributed by atoms with E-state index in [0.717, 1.165) is 24.8 Å². The van der Waals surface area contributed by atoms with Crippen molar-refractivity contribution in [2.75, 3.05) is 6.54 Å². The van der Waals surface area contributed by atoms with Crippen molar-refractivity contribution in [2.24, 2.45) is 16.7 Å². The van der Waals surface area contributed by atoms with Gasteiger partial charge in [0.15, 0.2) is 11.5 Å². The predicted molar refractivity (Wildman–Crippen MR) is 120 cm³/mol. The standard InChI is InChI=1S/C25H36N2O5/c1-15(26-14-16-7-8-19(28)20(29)12-16)22(30)27-11-5-6-18(27)23(31)32-21-13-17-9-10-25(21,4)24(17,2)3/h7-8,12,15,17-18,21,26,28-29H,5-6,9-11,13-14H2,1-4H3/t15-,17?,18-,21?,25?/m0/s1. The molecular weight excluding hydrogens is 408 g/mol. The number of phenols is 2. The fourth-order valence-corrected chi connectivity index (χ4v) is 6.09. The second-order valence-corrected chi connectivity index (χ2v) is 10.7. The molecule has 1 saturated heterocycles. The number of hydrogen-bond acceptors (Lipinski definition) is 6. The van der Waals surface area contributed by atoms with Crippen LogP contribution in [0.25, 0.3) is 0 Å². The molecule has 5 atom stereocenters. The summed E-state index contributed by atoms with van der Waals surface area (Å²) in [4.78, 5) is 27.9. The van der Waals surface area contributed by atoms with Crippen LogP contribution < -0.4 is 5.32 Å². The molecule has 0 radical (unpaired) electrons. The minimum Gasteiger partial charge on any atom is -0.504 e. The Bertz CT molecular complexity index is 900. The molecule has 7 nitrogen and oxygen atoms in total. The fraction of sp³-hybridized carbons (Fsp3) is 0.680. The number of carbonyl (C=O) groups is 2. The van der Waals surface area contributed by atoms with Gasteiger partial charge in [-0.1, -0.05) is 26.8 Å². The van der Waals surface area contributed by atoms with Crippen molar-refractivity contribution >= 4 is 11.9 Å². The van der Waals surface area contributed by atoms with E-state index >= 15 is 0 Å². The number of phenolic OH excluding ortho intramolecular Hbond substituents is 2. The number of fused-ring (bicyclic) bond motifs is 2. The Kier molecular flexibility index (Phi) is 5.90. The van der Waals surface area contributed by atoms with Gasteiger partial charge in [-0.2, -0.15) is 0 Å². The first-order chi connectivity index (χ1) is 15.0. The van der Waals surface area contributed by atoms with Gasteiger partial charge in [0.25, 0.3) is 0 Å². The Balaban J connectivity index is 1.35. The van der Waals surface area contributed by atoms with Crippen LogP contribution >= 0.6 is 0 Å². The molecule has 3 aliphatic rings. The molecule has 3 unspecified atom stereocenters. The van der Waals surface area contributed by atoms with E-state index in [1.54, 1.807) is 17.9 Å². The maximum Gasteiger partial charge on any atom is 0.329 e. The molecule has 1 amide bonds. The SMILES string of the molecule is C[C@H](NCc1ccc(O)c(O)c1)C(=O)N1CCC[C@H]1C(=O)OC1CC2CCC1(C)C2(C)C. The van der Waals surface area contributed by atoms with Gasteiger partial charge in [0.2, 0.25) is 5.91 Å². The highest BCUT2D eigenvalue weighted by molar-refractivity contribution is 5.88. The van der Waals surface area contributed by atoms with E-state index in [9.17, 15) is 19.8 Å². The Morgan fingerprint density at radius 2 is 1.97 bits per heavy atom. The molecule has 2 aliphatic carbocycles. The van der Waals surface area contributed by atoms with Gasteiger partial charge in [0, 0.05) is 18.5 Å². The molecule has 3 N–H and O–H groups in total. The van der Waals surface area contributed by atoms with Gasteiger partial charge in [-0.15, -0.1) is 0 Å². The number of nitrogens with zero attached hydrogens (tertiary/aromatic N) is 1. The molecule has 3 fully saturated rings. The lowest BCUT2D eigenvalue weighted by Gasteiger charge is -2.39. The van der Waals surface area contributed by atoms with E-state index in [0.29, 0.717) is 25.4 Å². The molecule has 2 bridgehead atoms. The van der Waals surface area contributed by atoms with Gasteiger partial charge in [0.1, 0.15) is 12.1 Å². The number of rotatable bonds is 6. The third-order valence-corrected chi connectivity index (χ3v) is 8.80. The summed E-state index contributed by atoms with van der Waals surface area (Å²) in [6, 6.07) is 3.57. The number of likely N-dealkylation sites (tertiary alicyclic amines) is 1. The van der Waals surface area contributed by atoms with Crippen LogP contribution in [0.5, 0.6) is 11.5 Å². The minimum absolute atomic E-state index is 0.00525. The molecule has 0 aromatic heterocycles. The van der Waals surface area contributed by atoms with Crippen LogP contribution in [0.15, 0.2) is 18.2 Å². The van der Waals surface area contributed by atoms with Crippen molar-refractivity contribution in [3.05, 3.63) is 23.8 Å². The largest absolute Gasteiger partial charge is 0.504 e. The topological polar surface area (TPSA) is 99.1 Å². The van der Waals surface area contributed by atoms with E-state index in [-0.39, 0.29) is 40.3 Å². The maximum atomic E-state index is 13.1. The van der Waals surface area contributed by atoms with Crippen LogP contribution in [0.3, 0.4) is 0 Å². The Morgan fingerprint density at radius 3 is 2.59 bits per heavy atom. The summed E-state index contributed by atoms with van der Waals surface area (Å²) < 4.78 is 6.08. The zero-order valence-corrected chi connectivity index (χ0v) is 19.6. The Morgan fingerprint density at radius 1 is 1.22 bits per heavy atom.